The largest absolute Gasteiger partial charge is 0.419 e. The normalized spacial score (nSPS) is 11.5. The molecule has 0 radical (unpaired) electrons. The topological polar surface area (TPSA) is 126 Å². The van der Waals surface area contributed by atoms with E-state index in [9.17, 15) is 27.2 Å². The Morgan fingerprint density at radius 1 is 1.09 bits per heavy atom. The average Bonchev–Trinajstić information content (AvgIpc) is 3.42. The molecule has 4 aromatic rings. The van der Waals surface area contributed by atoms with Gasteiger partial charge >= 0.3 is 6.18 Å². The van der Waals surface area contributed by atoms with Crippen molar-refractivity contribution in [2.24, 2.45) is 0 Å². The molecule has 2 amide bonds. The number of anilines is 1. The maximum Gasteiger partial charge on any atom is 0.419 e. The van der Waals surface area contributed by atoms with Crippen molar-refractivity contribution in [2.75, 3.05) is 5.32 Å². The summed E-state index contributed by atoms with van der Waals surface area (Å²) in [5.74, 6) is -2.68. The fraction of sp³-hybridized carbons (Fsp3) is 0.111. The third kappa shape index (κ3) is 4.39. The van der Waals surface area contributed by atoms with E-state index in [0.29, 0.717) is 28.2 Å². The van der Waals surface area contributed by atoms with E-state index in [1.165, 1.54) is 18.7 Å². The molecule has 32 heavy (non-hydrogen) atoms. The van der Waals surface area contributed by atoms with Crippen molar-refractivity contribution in [1.29, 1.82) is 0 Å². The molecule has 0 spiro atoms. The highest BCUT2D eigenvalue weighted by molar-refractivity contribution is 7.13. The number of benzene rings is 1. The minimum Gasteiger partial charge on any atom is -0.344 e. The molecular weight excluding hydrogens is 454 g/mol. The van der Waals surface area contributed by atoms with E-state index < -0.39 is 29.4 Å². The third-order valence-electron chi connectivity index (χ3n) is 4.17. The molecule has 0 saturated carbocycles. The predicted molar refractivity (Wildman–Crippen MR) is 104 cm³/mol. The van der Waals surface area contributed by atoms with Crippen LogP contribution in [0.3, 0.4) is 0 Å². The molecule has 164 valence electrons. The van der Waals surface area contributed by atoms with Crippen molar-refractivity contribution in [1.82, 2.24) is 30.5 Å². The van der Waals surface area contributed by atoms with Gasteiger partial charge in [0.2, 0.25) is 0 Å². The summed E-state index contributed by atoms with van der Waals surface area (Å²) in [5.41, 5.74) is -1.21. The van der Waals surface area contributed by atoms with Crippen LogP contribution in [0.4, 0.5) is 23.2 Å². The number of carbonyl (C=O) groups excluding carboxylic acids is 2. The second-order valence-corrected chi connectivity index (χ2v) is 7.42. The number of thiazole rings is 1. The molecule has 9 nitrogen and oxygen atoms in total. The van der Waals surface area contributed by atoms with Crippen LogP contribution in [0.15, 0.2) is 36.9 Å². The first-order valence-electron chi connectivity index (χ1n) is 8.77. The smallest absolute Gasteiger partial charge is 0.344 e. The molecule has 3 N–H and O–H groups in total. The lowest BCUT2D eigenvalue weighted by Gasteiger charge is -2.10. The third-order valence-corrected chi connectivity index (χ3v) is 5.17. The van der Waals surface area contributed by atoms with E-state index in [2.05, 4.69) is 35.8 Å². The number of H-pyrrole nitrogens is 1. The van der Waals surface area contributed by atoms with E-state index in [-0.39, 0.29) is 22.8 Å². The molecule has 14 heteroatoms. The number of nitrogens with zero attached hydrogens (tertiary/aromatic N) is 4. The highest BCUT2D eigenvalue weighted by Gasteiger charge is 2.34. The summed E-state index contributed by atoms with van der Waals surface area (Å²) in [6.07, 6.45) is -1.06. The zero-order valence-corrected chi connectivity index (χ0v) is 16.5. The molecular formula is C18H11F4N7O2S. The van der Waals surface area contributed by atoms with Crippen LogP contribution >= 0.6 is 11.3 Å². The number of fused-ring (bicyclic) bond motifs is 1. The Morgan fingerprint density at radius 2 is 1.91 bits per heavy atom. The molecule has 0 aliphatic rings. The summed E-state index contributed by atoms with van der Waals surface area (Å²) in [6, 6.07) is 2.15. The van der Waals surface area contributed by atoms with Crippen LogP contribution in [0, 0.1) is 5.82 Å². The van der Waals surface area contributed by atoms with Crippen LogP contribution in [0.5, 0.6) is 0 Å². The Kier molecular flexibility index (Phi) is 5.52. The number of alkyl halides is 3. The number of amides is 2. The SMILES string of the molecule is O=C(Nc1ccc(F)c(C(F)(F)F)c1)c1cnc(CNC(=O)c2ncnc3[nH]ncc23)s1. The fourth-order valence-electron chi connectivity index (χ4n) is 2.70. The summed E-state index contributed by atoms with van der Waals surface area (Å²) in [4.78, 5) is 36.7. The summed E-state index contributed by atoms with van der Waals surface area (Å²) < 4.78 is 51.9. The second kappa shape index (κ2) is 8.30. The van der Waals surface area contributed by atoms with Crippen molar-refractivity contribution in [3.05, 3.63) is 63.9 Å². The van der Waals surface area contributed by atoms with E-state index in [1.54, 1.807) is 0 Å². The molecule has 3 aromatic heterocycles. The number of hydrogen-bond acceptors (Lipinski definition) is 7. The van der Waals surface area contributed by atoms with Crippen LogP contribution in [-0.2, 0) is 12.7 Å². The lowest BCUT2D eigenvalue weighted by Crippen LogP contribution is -2.24. The zero-order valence-electron chi connectivity index (χ0n) is 15.7. The number of nitrogens with one attached hydrogen (secondary N) is 3. The number of aromatic amines is 1. The maximum atomic E-state index is 13.4. The van der Waals surface area contributed by atoms with Gasteiger partial charge in [-0.2, -0.15) is 18.3 Å². The Morgan fingerprint density at radius 3 is 2.69 bits per heavy atom. The van der Waals surface area contributed by atoms with Gasteiger partial charge in [-0.15, -0.1) is 11.3 Å². The van der Waals surface area contributed by atoms with Crippen molar-refractivity contribution < 1.29 is 27.2 Å². The number of carbonyl (C=O) groups is 2. The van der Waals surface area contributed by atoms with Crippen LogP contribution in [0.25, 0.3) is 11.0 Å². The average molecular weight is 465 g/mol. The van der Waals surface area contributed by atoms with Crippen molar-refractivity contribution in [3.63, 3.8) is 0 Å². The molecule has 1 aromatic carbocycles. The fourth-order valence-corrected chi connectivity index (χ4v) is 3.45. The van der Waals surface area contributed by atoms with Gasteiger partial charge in [0.1, 0.15) is 27.7 Å². The zero-order chi connectivity index (χ0) is 22.9. The van der Waals surface area contributed by atoms with E-state index in [4.69, 9.17) is 0 Å². The number of halogens is 4. The molecule has 0 aliphatic heterocycles. The standard InChI is InChI=1S/C18H11F4N7O2S/c19-11-2-1-8(3-10(11)18(20,21)22)28-16(30)12-5-23-13(32-12)6-24-17(31)14-9-4-27-29-15(9)26-7-25-14/h1-5,7H,6H2,(H,24,31)(H,28,30)(H,25,26,27,29). The van der Waals surface area contributed by atoms with Gasteiger partial charge in [0.15, 0.2) is 5.65 Å². The van der Waals surface area contributed by atoms with Gasteiger partial charge in [0.25, 0.3) is 11.8 Å². The lowest BCUT2D eigenvalue weighted by atomic mass is 10.2. The van der Waals surface area contributed by atoms with E-state index in [0.717, 1.165) is 17.4 Å². The quantitative estimate of drug-likeness (QED) is 0.389. The molecule has 0 aliphatic carbocycles. The summed E-state index contributed by atoms with van der Waals surface area (Å²) in [6.45, 7) is -0.0190. The van der Waals surface area contributed by atoms with Crippen LogP contribution < -0.4 is 10.6 Å². The Bertz CT molecular complexity index is 1320. The first kappa shape index (κ1) is 21.3. The Hall–Kier alpha value is -3.94. The van der Waals surface area contributed by atoms with Gasteiger partial charge in [-0.05, 0) is 18.2 Å². The van der Waals surface area contributed by atoms with Gasteiger partial charge < -0.3 is 10.6 Å². The van der Waals surface area contributed by atoms with E-state index >= 15 is 0 Å². The number of hydrogen-bond donors (Lipinski definition) is 3. The van der Waals surface area contributed by atoms with Crippen molar-refractivity contribution in [2.45, 2.75) is 12.7 Å². The van der Waals surface area contributed by atoms with E-state index in [1.807, 2.05) is 0 Å². The summed E-state index contributed by atoms with van der Waals surface area (Å²) in [5, 5.41) is 12.1. The van der Waals surface area contributed by atoms with Crippen molar-refractivity contribution >= 4 is 39.9 Å². The second-order valence-electron chi connectivity index (χ2n) is 6.30. The van der Waals surface area contributed by atoms with Crippen LogP contribution in [-0.4, -0.2) is 37.0 Å². The highest BCUT2D eigenvalue weighted by atomic mass is 32.1. The summed E-state index contributed by atoms with van der Waals surface area (Å²) in [7, 11) is 0. The predicted octanol–water partition coefficient (Wildman–Crippen LogP) is 3.15. The molecule has 0 fully saturated rings. The van der Waals surface area contributed by atoms with Crippen LogP contribution in [0.1, 0.15) is 30.7 Å². The number of aromatic nitrogens is 5. The van der Waals surface area contributed by atoms with Crippen molar-refractivity contribution in [3.8, 4) is 0 Å². The highest BCUT2D eigenvalue weighted by Crippen LogP contribution is 2.33. The van der Waals surface area contributed by atoms with Gasteiger partial charge in [-0.3, -0.25) is 14.7 Å². The molecule has 0 atom stereocenters. The van der Waals surface area contributed by atoms with Gasteiger partial charge in [-0.25, -0.2) is 19.3 Å². The molecule has 0 unspecified atom stereocenters. The van der Waals surface area contributed by atoms with Gasteiger partial charge in [0.05, 0.1) is 29.9 Å². The number of rotatable bonds is 5. The first-order valence-corrected chi connectivity index (χ1v) is 9.59. The molecule has 0 bridgehead atoms. The minimum atomic E-state index is -4.90. The minimum absolute atomic E-state index is 0.0190. The van der Waals surface area contributed by atoms with Gasteiger partial charge in [0, 0.05) is 5.69 Å². The van der Waals surface area contributed by atoms with Gasteiger partial charge in [-0.1, -0.05) is 0 Å². The maximum absolute atomic E-state index is 13.4. The molecule has 4 rings (SSSR count). The van der Waals surface area contributed by atoms with Crippen LogP contribution in [0.2, 0.25) is 0 Å². The monoisotopic (exact) mass is 465 g/mol. The molecule has 0 saturated heterocycles. The summed E-state index contributed by atoms with van der Waals surface area (Å²) >= 11 is 0.930. The first-order chi connectivity index (χ1) is 15.2. The molecule has 3 heterocycles. The Labute approximate surface area is 179 Å². The lowest BCUT2D eigenvalue weighted by molar-refractivity contribution is -0.139. The Balaban J connectivity index is 1.41.